The summed E-state index contributed by atoms with van der Waals surface area (Å²) in [6.45, 7) is 1.78. The topological polar surface area (TPSA) is 71.2 Å². The third kappa shape index (κ3) is 0.802. The van der Waals surface area contributed by atoms with Crippen molar-refractivity contribution in [2.75, 3.05) is 0 Å². The van der Waals surface area contributed by atoms with Gasteiger partial charge in [-0.05, 0) is 11.6 Å². The molecule has 0 saturated carbocycles. The lowest BCUT2D eigenvalue weighted by Crippen LogP contribution is -1.97. The summed E-state index contributed by atoms with van der Waals surface area (Å²) in [6.07, 6.45) is 0.509. The van der Waals surface area contributed by atoms with Crippen molar-refractivity contribution in [1.82, 2.24) is 15.2 Å². The van der Waals surface area contributed by atoms with Crippen molar-refractivity contribution >= 4 is 0 Å². The van der Waals surface area contributed by atoms with Crippen LogP contribution in [0.1, 0.15) is 12.6 Å². The Kier molecular flexibility index (Phi) is 1.26. The van der Waals surface area contributed by atoms with E-state index >= 15 is 0 Å². The van der Waals surface area contributed by atoms with Gasteiger partial charge in [-0.15, -0.1) is 0 Å². The highest BCUT2D eigenvalue weighted by atomic mass is 16.5. The minimum atomic E-state index is -0.208. The molecule has 1 aromatic rings. The third-order valence-corrected chi connectivity index (χ3v) is 1.06. The molecule has 0 radical (unpaired) electrons. The van der Waals surface area contributed by atoms with E-state index in [1.165, 1.54) is 0 Å². The Bertz CT molecular complexity index is 188. The van der Waals surface area contributed by atoms with Crippen molar-refractivity contribution in [3.8, 4) is 5.88 Å². The van der Waals surface area contributed by atoms with Crippen LogP contribution in [0.25, 0.3) is 0 Å². The van der Waals surface area contributed by atoms with Crippen molar-refractivity contribution < 1.29 is 10.3 Å². The molecule has 9 heavy (non-hydrogen) atoms. The zero-order chi connectivity index (χ0) is 6.85. The molecule has 0 atom stereocenters. The van der Waals surface area contributed by atoms with E-state index in [1.807, 2.05) is 0 Å². The molecule has 0 spiro atoms. The second-order valence-corrected chi connectivity index (χ2v) is 1.60. The zero-order valence-electron chi connectivity index (χ0n) is 4.94. The lowest BCUT2D eigenvalue weighted by Gasteiger charge is -1.90. The average Bonchev–Trinajstić information content (AvgIpc) is 2.12. The second kappa shape index (κ2) is 1.93. The van der Waals surface area contributed by atoms with Gasteiger partial charge in [0.2, 0.25) is 0 Å². The Labute approximate surface area is 51.5 Å². The summed E-state index contributed by atoms with van der Waals surface area (Å²) in [5, 5.41) is 23.9. The molecule has 0 aromatic carbocycles. The first-order chi connectivity index (χ1) is 4.25. The quantitative estimate of drug-likeness (QED) is 0.514. The van der Waals surface area contributed by atoms with Gasteiger partial charge in [-0.1, -0.05) is 16.9 Å². The van der Waals surface area contributed by atoms with Crippen LogP contribution in [0.2, 0.25) is 0 Å². The molecule has 0 aliphatic rings. The fraction of sp³-hybridized carbons (Fsp3) is 0.500. The SMILES string of the molecule is CCc1c(O)nnn1O. The molecule has 0 aliphatic carbocycles. The van der Waals surface area contributed by atoms with Crippen LogP contribution in [0.4, 0.5) is 0 Å². The lowest BCUT2D eigenvalue weighted by atomic mass is 10.4. The summed E-state index contributed by atoms with van der Waals surface area (Å²) in [7, 11) is 0. The van der Waals surface area contributed by atoms with Crippen molar-refractivity contribution in [3.05, 3.63) is 5.69 Å². The van der Waals surface area contributed by atoms with Crippen molar-refractivity contribution in [1.29, 1.82) is 0 Å². The van der Waals surface area contributed by atoms with Crippen LogP contribution in [0.3, 0.4) is 0 Å². The molecule has 0 aliphatic heterocycles. The lowest BCUT2D eigenvalue weighted by molar-refractivity contribution is 0.134. The van der Waals surface area contributed by atoms with Gasteiger partial charge in [-0.25, -0.2) is 0 Å². The van der Waals surface area contributed by atoms with Crippen LogP contribution in [0.15, 0.2) is 0 Å². The van der Waals surface area contributed by atoms with Crippen LogP contribution in [-0.4, -0.2) is 25.5 Å². The van der Waals surface area contributed by atoms with E-state index in [0.29, 0.717) is 17.0 Å². The molecule has 1 aromatic heterocycles. The van der Waals surface area contributed by atoms with E-state index in [4.69, 9.17) is 10.3 Å². The van der Waals surface area contributed by atoms with Crippen LogP contribution < -0.4 is 0 Å². The van der Waals surface area contributed by atoms with Gasteiger partial charge in [0.05, 0.1) is 0 Å². The Balaban J connectivity index is 3.07. The van der Waals surface area contributed by atoms with Crippen LogP contribution in [0.5, 0.6) is 5.88 Å². The zero-order valence-corrected chi connectivity index (χ0v) is 4.94. The van der Waals surface area contributed by atoms with Gasteiger partial charge in [0.15, 0.2) is 0 Å². The summed E-state index contributed by atoms with van der Waals surface area (Å²) in [4.78, 5) is 0.565. The molecule has 5 heteroatoms. The Morgan fingerprint density at radius 3 is 2.56 bits per heavy atom. The maximum absolute atomic E-state index is 8.78. The minimum absolute atomic E-state index is 0.208. The number of nitrogens with zero attached hydrogens (tertiary/aromatic N) is 3. The van der Waals surface area contributed by atoms with Crippen LogP contribution >= 0.6 is 0 Å². The van der Waals surface area contributed by atoms with E-state index in [9.17, 15) is 0 Å². The molecular formula is C4H7N3O2. The van der Waals surface area contributed by atoms with Gasteiger partial charge in [0.25, 0.3) is 5.88 Å². The second-order valence-electron chi connectivity index (χ2n) is 1.60. The summed E-state index contributed by atoms with van der Waals surface area (Å²) >= 11 is 0. The van der Waals surface area contributed by atoms with Crippen molar-refractivity contribution in [2.45, 2.75) is 13.3 Å². The van der Waals surface area contributed by atoms with Gasteiger partial charge in [0, 0.05) is 0 Å². The fourth-order valence-electron chi connectivity index (χ4n) is 0.585. The molecule has 1 heterocycles. The fourth-order valence-corrected chi connectivity index (χ4v) is 0.585. The highest BCUT2D eigenvalue weighted by molar-refractivity contribution is 5.12. The molecule has 0 fully saturated rings. The van der Waals surface area contributed by atoms with Crippen molar-refractivity contribution in [3.63, 3.8) is 0 Å². The van der Waals surface area contributed by atoms with Gasteiger partial charge in [-0.3, -0.25) is 0 Å². The number of rotatable bonds is 1. The first kappa shape index (κ1) is 5.87. The van der Waals surface area contributed by atoms with Gasteiger partial charge in [-0.2, -0.15) is 0 Å². The molecule has 1 rings (SSSR count). The van der Waals surface area contributed by atoms with Gasteiger partial charge < -0.3 is 10.3 Å². The number of aromatic nitrogens is 3. The molecule has 0 amide bonds. The molecule has 0 bridgehead atoms. The Morgan fingerprint density at radius 2 is 2.33 bits per heavy atom. The largest absolute Gasteiger partial charge is 0.491 e. The molecule has 0 saturated heterocycles. The van der Waals surface area contributed by atoms with Crippen molar-refractivity contribution in [2.24, 2.45) is 0 Å². The normalized spacial score (nSPS) is 9.89. The maximum Gasteiger partial charge on any atom is 0.258 e. The highest BCUT2D eigenvalue weighted by Gasteiger charge is 2.06. The first-order valence-electron chi connectivity index (χ1n) is 2.58. The Morgan fingerprint density at radius 1 is 1.67 bits per heavy atom. The molecular weight excluding hydrogens is 122 g/mol. The van der Waals surface area contributed by atoms with E-state index < -0.39 is 0 Å². The maximum atomic E-state index is 8.78. The smallest absolute Gasteiger partial charge is 0.258 e. The van der Waals surface area contributed by atoms with Crippen LogP contribution in [0, 0.1) is 0 Å². The average molecular weight is 129 g/mol. The summed E-state index contributed by atoms with van der Waals surface area (Å²) < 4.78 is 0. The highest BCUT2D eigenvalue weighted by Crippen LogP contribution is 2.09. The molecule has 50 valence electrons. The minimum Gasteiger partial charge on any atom is -0.491 e. The van der Waals surface area contributed by atoms with E-state index in [2.05, 4.69) is 10.3 Å². The summed E-state index contributed by atoms with van der Waals surface area (Å²) in [5.74, 6) is -0.208. The Hall–Kier alpha value is -1.26. The van der Waals surface area contributed by atoms with Gasteiger partial charge in [0.1, 0.15) is 5.69 Å². The number of hydrogen-bond donors (Lipinski definition) is 2. The molecule has 0 unspecified atom stereocenters. The monoisotopic (exact) mass is 129 g/mol. The van der Waals surface area contributed by atoms with E-state index in [-0.39, 0.29) is 5.88 Å². The molecule has 2 N–H and O–H groups in total. The first-order valence-corrected chi connectivity index (χ1v) is 2.58. The molecule has 5 nitrogen and oxygen atoms in total. The third-order valence-electron chi connectivity index (χ3n) is 1.06. The van der Waals surface area contributed by atoms with E-state index in [0.717, 1.165) is 0 Å². The van der Waals surface area contributed by atoms with E-state index in [1.54, 1.807) is 6.92 Å². The summed E-state index contributed by atoms with van der Waals surface area (Å²) in [5.41, 5.74) is 0.329. The standard InChI is InChI=1S/C4H7N3O2/c1-2-3-4(8)5-6-7(3)9/h8-9H,2H2,1H3. The van der Waals surface area contributed by atoms with Crippen LogP contribution in [-0.2, 0) is 6.42 Å². The number of hydrogen-bond acceptors (Lipinski definition) is 4. The number of aromatic hydroxyl groups is 1. The predicted molar refractivity (Wildman–Crippen MR) is 28.2 cm³/mol. The predicted octanol–water partition coefficient (Wildman–Crippen LogP) is -0.217. The van der Waals surface area contributed by atoms with Gasteiger partial charge >= 0.3 is 0 Å². The summed E-state index contributed by atoms with van der Waals surface area (Å²) in [6, 6.07) is 0.